The Labute approximate surface area is 161 Å². The second-order valence-electron chi connectivity index (χ2n) is 7.19. The first-order chi connectivity index (χ1) is 12.9. The Hall–Kier alpha value is -2.02. The highest BCUT2D eigenvalue weighted by Crippen LogP contribution is 2.18. The normalized spacial score (nSPS) is 16.6. The van der Waals surface area contributed by atoms with E-state index >= 15 is 0 Å². The van der Waals surface area contributed by atoms with E-state index in [-0.39, 0.29) is 5.78 Å². The molecule has 2 aromatic rings. The molecule has 0 unspecified atom stereocenters. The van der Waals surface area contributed by atoms with Crippen LogP contribution in [0, 0.1) is 0 Å². The fourth-order valence-corrected chi connectivity index (χ4v) is 4.66. The first-order valence-corrected chi connectivity index (χ1v) is 10.7. The lowest BCUT2D eigenvalue weighted by Crippen LogP contribution is -2.49. The number of benzene rings is 2. The minimum Gasteiger partial charge on any atom is -0.293 e. The third-order valence-electron chi connectivity index (χ3n) is 4.98. The van der Waals surface area contributed by atoms with Gasteiger partial charge in [0.2, 0.25) is 10.0 Å². The molecule has 1 saturated heterocycles. The van der Waals surface area contributed by atoms with Gasteiger partial charge in [0.05, 0.1) is 11.4 Å². The minimum atomic E-state index is -3.46. The molecule has 1 heterocycles. The van der Waals surface area contributed by atoms with Crippen LogP contribution in [0.1, 0.15) is 35.7 Å². The van der Waals surface area contributed by atoms with E-state index < -0.39 is 10.0 Å². The van der Waals surface area contributed by atoms with Gasteiger partial charge in [-0.15, -0.1) is 0 Å². The number of carbonyl (C=O) groups excluding carboxylic acids is 1. The van der Waals surface area contributed by atoms with Crippen LogP contribution in [-0.4, -0.2) is 56.1 Å². The van der Waals surface area contributed by atoms with Crippen LogP contribution in [0.4, 0.5) is 0 Å². The van der Waals surface area contributed by atoms with Gasteiger partial charge in [0.15, 0.2) is 5.78 Å². The van der Waals surface area contributed by atoms with Crippen molar-refractivity contribution in [2.45, 2.75) is 24.7 Å². The van der Waals surface area contributed by atoms with Gasteiger partial charge in [0, 0.05) is 31.7 Å². The highest BCUT2D eigenvalue weighted by Gasteiger charge is 2.28. The fourth-order valence-electron chi connectivity index (χ4n) is 3.22. The molecule has 0 amide bonds. The second-order valence-corrected chi connectivity index (χ2v) is 9.13. The predicted molar refractivity (Wildman–Crippen MR) is 107 cm³/mol. The molecule has 1 aliphatic heterocycles. The molecule has 5 nitrogen and oxygen atoms in total. The Morgan fingerprint density at radius 1 is 0.926 bits per heavy atom. The molecule has 0 saturated carbocycles. The number of rotatable bonds is 6. The van der Waals surface area contributed by atoms with Crippen LogP contribution in [0.5, 0.6) is 0 Å². The smallest absolute Gasteiger partial charge is 0.243 e. The summed E-state index contributed by atoms with van der Waals surface area (Å²) < 4.78 is 26.8. The van der Waals surface area contributed by atoms with Crippen LogP contribution in [0.2, 0.25) is 0 Å². The Morgan fingerprint density at radius 3 is 2.07 bits per heavy atom. The standard InChI is InChI=1S/C21H26N2O3S/c1-17(2)18-8-10-19(11-9-18)21(24)16-22-12-14-23(15-13-22)27(25,26)20-6-4-3-5-7-20/h3-11,17H,12-16H2,1-2H3. The Bertz CT molecular complexity index is 869. The maximum Gasteiger partial charge on any atom is 0.243 e. The Morgan fingerprint density at radius 2 is 1.52 bits per heavy atom. The van der Waals surface area contributed by atoms with Gasteiger partial charge in [0.1, 0.15) is 0 Å². The van der Waals surface area contributed by atoms with Gasteiger partial charge in [-0.25, -0.2) is 8.42 Å². The molecule has 0 radical (unpaired) electrons. The summed E-state index contributed by atoms with van der Waals surface area (Å²) in [5.74, 6) is 0.512. The molecule has 6 heteroatoms. The van der Waals surface area contributed by atoms with Crippen LogP contribution in [0.25, 0.3) is 0 Å². The number of piperazine rings is 1. The monoisotopic (exact) mass is 386 g/mol. The number of carbonyl (C=O) groups is 1. The van der Waals surface area contributed by atoms with Gasteiger partial charge in [-0.2, -0.15) is 4.31 Å². The maximum atomic E-state index is 12.7. The van der Waals surface area contributed by atoms with Crippen molar-refractivity contribution in [3.8, 4) is 0 Å². The van der Waals surface area contributed by atoms with Crippen LogP contribution >= 0.6 is 0 Å². The van der Waals surface area contributed by atoms with E-state index in [9.17, 15) is 13.2 Å². The number of sulfonamides is 1. The Balaban J connectivity index is 1.57. The summed E-state index contributed by atoms with van der Waals surface area (Å²) in [5.41, 5.74) is 1.92. The van der Waals surface area contributed by atoms with E-state index in [4.69, 9.17) is 0 Å². The zero-order valence-corrected chi connectivity index (χ0v) is 16.7. The molecule has 1 fully saturated rings. The largest absolute Gasteiger partial charge is 0.293 e. The molecular weight excluding hydrogens is 360 g/mol. The van der Waals surface area contributed by atoms with E-state index in [0.717, 1.165) is 0 Å². The molecule has 0 atom stereocenters. The van der Waals surface area contributed by atoms with Crippen LogP contribution < -0.4 is 0 Å². The van der Waals surface area contributed by atoms with E-state index in [0.29, 0.717) is 49.1 Å². The summed E-state index contributed by atoms with van der Waals surface area (Å²) in [6.07, 6.45) is 0. The third kappa shape index (κ3) is 4.64. The minimum absolute atomic E-state index is 0.0738. The van der Waals surface area contributed by atoms with Crippen molar-refractivity contribution >= 4 is 15.8 Å². The van der Waals surface area contributed by atoms with Crippen LogP contribution in [0.15, 0.2) is 59.5 Å². The lowest BCUT2D eigenvalue weighted by atomic mass is 10.0. The first kappa shape index (κ1) is 19.7. The van der Waals surface area contributed by atoms with E-state index in [1.165, 1.54) is 9.87 Å². The molecular formula is C21H26N2O3S. The molecule has 144 valence electrons. The van der Waals surface area contributed by atoms with Crippen molar-refractivity contribution in [1.82, 2.24) is 9.21 Å². The van der Waals surface area contributed by atoms with Crippen molar-refractivity contribution in [2.75, 3.05) is 32.7 Å². The topological polar surface area (TPSA) is 57.7 Å². The molecule has 3 rings (SSSR count). The SMILES string of the molecule is CC(C)c1ccc(C(=O)CN2CCN(S(=O)(=O)c3ccccc3)CC2)cc1. The number of hydrogen-bond donors (Lipinski definition) is 0. The van der Waals surface area contributed by atoms with Gasteiger partial charge < -0.3 is 0 Å². The Kier molecular flexibility index (Phi) is 6.09. The molecule has 0 aromatic heterocycles. The van der Waals surface area contributed by atoms with Gasteiger partial charge in [-0.1, -0.05) is 56.3 Å². The molecule has 27 heavy (non-hydrogen) atoms. The lowest BCUT2D eigenvalue weighted by molar-refractivity contribution is 0.0901. The molecule has 2 aromatic carbocycles. The van der Waals surface area contributed by atoms with Crippen molar-refractivity contribution in [3.63, 3.8) is 0 Å². The lowest BCUT2D eigenvalue weighted by Gasteiger charge is -2.33. The average Bonchev–Trinajstić information content (AvgIpc) is 2.69. The molecule has 1 aliphatic rings. The number of hydrogen-bond acceptors (Lipinski definition) is 4. The van der Waals surface area contributed by atoms with Crippen LogP contribution in [0.3, 0.4) is 0 Å². The summed E-state index contributed by atoms with van der Waals surface area (Å²) in [6, 6.07) is 16.3. The number of ketones is 1. The average molecular weight is 387 g/mol. The van der Waals surface area contributed by atoms with Gasteiger partial charge in [-0.05, 0) is 23.6 Å². The maximum absolute atomic E-state index is 12.7. The highest BCUT2D eigenvalue weighted by atomic mass is 32.2. The quantitative estimate of drug-likeness (QED) is 0.716. The summed E-state index contributed by atoms with van der Waals surface area (Å²) in [5, 5.41) is 0. The van der Waals surface area contributed by atoms with E-state index in [1.807, 2.05) is 29.2 Å². The predicted octanol–water partition coefficient (Wildman–Crippen LogP) is 3.00. The van der Waals surface area contributed by atoms with E-state index in [2.05, 4.69) is 13.8 Å². The molecule has 0 aliphatic carbocycles. The molecule has 0 bridgehead atoms. The van der Waals surface area contributed by atoms with Crippen LogP contribution in [-0.2, 0) is 10.0 Å². The molecule has 0 N–H and O–H groups in total. The van der Waals surface area contributed by atoms with E-state index in [1.54, 1.807) is 30.3 Å². The van der Waals surface area contributed by atoms with Gasteiger partial charge in [-0.3, -0.25) is 9.69 Å². The second kappa shape index (κ2) is 8.33. The number of nitrogens with zero attached hydrogens (tertiary/aromatic N) is 2. The molecule has 0 spiro atoms. The fraction of sp³-hybridized carbons (Fsp3) is 0.381. The van der Waals surface area contributed by atoms with Gasteiger partial charge in [0.25, 0.3) is 0 Å². The van der Waals surface area contributed by atoms with Crippen molar-refractivity contribution in [2.24, 2.45) is 0 Å². The van der Waals surface area contributed by atoms with Crippen molar-refractivity contribution in [3.05, 3.63) is 65.7 Å². The third-order valence-corrected chi connectivity index (χ3v) is 6.89. The zero-order valence-electron chi connectivity index (χ0n) is 15.8. The van der Waals surface area contributed by atoms with Gasteiger partial charge >= 0.3 is 0 Å². The van der Waals surface area contributed by atoms with Crippen molar-refractivity contribution < 1.29 is 13.2 Å². The first-order valence-electron chi connectivity index (χ1n) is 9.28. The summed E-state index contributed by atoms with van der Waals surface area (Å²) >= 11 is 0. The zero-order chi connectivity index (χ0) is 19.4. The van der Waals surface area contributed by atoms with Crippen molar-refractivity contribution in [1.29, 1.82) is 0 Å². The highest BCUT2D eigenvalue weighted by molar-refractivity contribution is 7.89. The summed E-state index contributed by atoms with van der Waals surface area (Å²) in [4.78, 5) is 14.9. The summed E-state index contributed by atoms with van der Waals surface area (Å²) in [6.45, 7) is 6.48. The summed E-state index contributed by atoms with van der Waals surface area (Å²) in [7, 11) is -3.46. The number of Topliss-reactive ketones (excluding diaryl/α,β-unsaturated/α-hetero) is 1.